The van der Waals surface area contributed by atoms with Crippen LogP contribution < -0.4 is 4.90 Å². The number of aliphatic hydroxyl groups excluding tert-OH is 1. The number of hydrogen-bond acceptors (Lipinski definition) is 4. The monoisotopic (exact) mass is 300 g/mol. The fraction of sp³-hybridized carbons (Fsp3) is 0.353. The van der Waals surface area contributed by atoms with Crippen LogP contribution >= 0.6 is 11.3 Å². The molecule has 1 N–H and O–H groups in total. The van der Waals surface area contributed by atoms with Gasteiger partial charge in [-0.25, -0.2) is 0 Å². The van der Waals surface area contributed by atoms with Crippen molar-refractivity contribution in [1.29, 1.82) is 5.26 Å². The third-order valence-electron chi connectivity index (χ3n) is 3.73. The minimum Gasteiger partial charge on any atom is -0.389 e. The highest BCUT2D eigenvalue weighted by molar-refractivity contribution is 7.09. The quantitative estimate of drug-likeness (QED) is 0.915. The molecule has 0 amide bonds. The summed E-state index contributed by atoms with van der Waals surface area (Å²) in [5.74, 6) is 0. The number of anilines is 1. The summed E-state index contributed by atoms with van der Waals surface area (Å²) in [5.41, 5.74) is 2.40. The second kappa shape index (κ2) is 6.75. The van der Waals surface area contributed by atoms with Crippen molar-refractivity contribution >= 4 is 17.0 Å². The van der Waals surface area contributed by atoms with Crippen LogP contribution in [-0.4, -0.2) is 18.2 Å². The van der Waals surface area contributed by atoms with Crippen LogP contribution in [0.15, 0.2) is 35.7 Å². The Morgan fingerprint density at radius 2 is 2.10 bits per heavy atom. The number of thiophene rings is 1. The average molecular weight is 300 g/mol. The van der Waals surface area contributed by atoms with Crippen LogP contribution in [0.4, 0.5) is 5.69 Å². The Morgan fingerprint density at radius 3 is 2.67 bits per heavy atom. The highest BCUT2D eigenvalue weighted by Crippen LogP contribution is 2.29. The Balaban J connectivity index is 2.28. The van der Waals surface area contributed by atoms with Crippen molar-refractivity contribution in [3.05, 3.63) is 51.7 Å². The van der Waals surface area contributed by atoms with Crippen molar-refractivity contribution in [2.45, 2.75) is 32.4 Å². The van der Waals surface area contributed by atoms with E-state index in [2.05, 4.69) is 35.4 Å². The number of nitrogens with zero attached hydrogens (tertiary/aromatic N) is 2. The van der Waals surface area contributed by atoms with Crippen molar-refractivity contribution < 1.29 is 5.11 Å². The molecule has 21 heavy (non-hydrogen) atoms. The van der Waals surface area contributed by atoms with Gasteiger partial charge < -0.3 is 10.0 Å². The summed E-state index contributed by atoms with van der Waals surface area (Å²) in [6, 6.07) is 12.1. The first kappa shape index (κ1) is 15.6. The largest absolute Gasteiger partial charge is 0.389 e. The summed E-state index contributed by atoms with van der Waals surface area (Å²) in [7, 11) is 2.01. The lowest BCUT2D eigenvalue weighted by Gasteiger charge is -2.29. The van der Waals surface area contributed by atoms with E-state index >= 15 is 0 Å². The van der Waals surface area contributed by atoms with E-state index < -0.39 is 6.10 Å². The molecule has 1 aromatic carbocycles. The maximum absolute atomic E-state index is 9.95. The Hall–Kier alpha value is -1.83. The summed E-state index contributed by atoms with van der Waals surface area (Å²) in [6.45, 7) is 3.91. The van der Waals surface area contributed by atoms with Crippen LogP contribution in [-0.2, 0) is 6.42 Å². The maximum atomic E-state index is 9.95. The third kappa shape index (κ3) is 3.63. The minimum atomic E-state index is -0.552. The molecule has 1 aromatic heterocycles. The Morgan fingerprint density at radius 1 is 1.33 bits per heavy atom. The lowest BCUT2D eigenvalue weighted by Crippen LogP contribution is -2.31. The zero-order valence-corrected chi connectivity index (χ0v) is 13.4. The first-order chi connectivity index (χ1) is 10.0. The molecule has 0 aliphatic carbocycles. The van der Waals surface area contributed by atoms with Gasteiger partial charge in [-0.2, -0.15) is 5.26 Å². The van der Waals surface area contributed by atoms with Gasteiger partial charge in [0.15, 0.2) is 0 Å². The number of hydrogen-bond donors (Lipinski definition) is 1. The minimum absolute atomic E-state index is 0.287. The molecule has 0 radical (unpaired) electrons. The molecule has 2 aromatic rings. The lowest BCUT2D eigenvalue weighted by molar-refractivity contribution is 0.199. The fourth-order valence-corrected chi connectivity index (χ4v) is 3.19. The van der Waals surface area contributed by atoms with Gasteiger partial charge in [0.25, 0.3) is 0 Å². The van der Waals surface area contributed by atoms with Gasteiger partial charge in [-0.1, -0.05) is 12.1 Å². The van der Waals surface area contributed by atoms with E-state index in [1.807, 2.05) is 19.2 Å². The van der Waals surface area contributed by atoms with Gasteiger partial charge in [0, 0.05) is 35.6 Å². The molecule has 0 saturated heterocycles. The van der Waals surface area contributed by atoms with E-state index in [4.69, 9.17) is 5.26 Å². The van der Waals surface area contributed by atoms with Crippen molar-refractivity contribution in [2.24, 2.45) is 0 Å². The molecule has 2 atom stereocenters. The van der Waals surface area contributed by atoms with Gasteiger partial charge in [-0.15, -0.1) is 11.3 Å². The van der Waals surface area contributed by atoms with E-state index in [9.17, 15) is 5.11 Å². The van der Waals surface area contributed by atoms with E-state index in [0.29, 0.717) is 5.56 Å². The van der Waals surface area contributed by atoms with Crippen LogP contribution in [0, 0.1) is 11.3 Å². The SMILES string of the molecule is CC(Cc1cccs1)N(C)c1cc(C#N)ccc1[C@H](C)O. The van der Waals surface area contributed by atoms with Crippen molar-refractivity contribution in [3.63, 3.8) is 0 Å². The summed E-state index contributed by atoms with van der Waals surface area (Å²) in [4.78, 5) is 3.48. The van der Waals surface area contributed by atoms with Crippen LogP contribution in [0.2, 0.25) is 0 Å². The van der Waals surface area contributed by atoms with E-state index in [0.717, 1.165) is 17.7 Å². The average Bonchev–Trinajstić information content (AvgIpc) is 2.98. The molecule has 0 saturated carbocycles. The smallest absolute Gasteiger partial charge is 0.0992 e. The maximum Gasteiger partial charge on any atom is 0.0992 e. The highest BCUT2D eigenvalue weighted by Gasteiger charge is 2.17. The Labute approximate surface area is 130 Å². The van der Waals surface area contributed by atoms with Crippen molar-refractivity contribution in [2.75, 3.05) is 11.9 Å². The second-order valence-electron chi connectivity index (χ2n) is 5.30. The number of benzene rings is 1. The molecule has 0 aliphatic rings. The summed E-state index contributed by atoms with van der Waals surface area (Å²) in [6.07, 6.45) is 0.397. The van der Waals surface area contributed by atoms with Crippen LogP contribution in [0.1, 0.15) is 36.0 Å². The molecule has 1 heterocycles. The van der Waals surface area contributed by atoms with Gasteiger partial charge in [-0.3, -0.25) is 0 Å². The molecule has 3 nitrogen and oxygen atoms in total. The molecule has 110 valence electrons. The zero-order chi connectivity index (χ0) is 15.4. The van der Waals surface area contributed by atoms with Gasteiger partial charge in [-0.05, 0) is 37.4 Å². The second-order valence-corrected chi connectivity index (χ2v) is 6.34. The van der Waals surface area contributed by atoms with Crippen LogP contribution in [0.3, 0.4) is 0 Å². The normalized spacial score (nSPS) is 13.5. The van der Waals surface area contributed by atoms with Crippen LogP contribution in [0.25, 0.3) is 0 Å². The first-order valence-corrected chi connectivity index (χ1v) is 7.88. The van der Waals surface area contributed by atoms with E-state index in [1.165, 1.54) is 4.88 Å². The molecule has 0 spiro atoms. The van der Waals surface area contributed by atoms with E-state index in [1.54, 1.807) is 24.3 Å². The van der Waals surface area contributed by atoms with Gasteiger partial charge in [0.2, 0.25) is 0 Å². The number of rotatable bonds is 5. The van der Waals surface area contributed by atoms with E-state index in [-0.39, 0.29) is 6.04 Å². The predicted octanol–water partition coefficient (Wildman–Crippen LogP) is 3.74. The topological polar surface area (TPSA) is 47.3 Å². The van der Waals surface area contributed by atoms with Crippen LogP contribution in [0.5, 0.6) is 0 Å². The summed E-state index contributed by atoms with van der Waals surface area (Å²) < 4.78 is 0. The lowest BCUT2D eigenvalue weighted by atomic mass is 10.0. The molecule has 1 unspecified atom stereocenters. The van der Waals surface area contributed by atoms with Gasteiger partial charge in [0.1, 0.15) is 0 Å². The number of nitriles is 1. The highest BCUT2D eigenvalue weighted by atomic mass is 32.1. The Kier molecular flexibility index (Phi) is 5.00. The first-order valence-electron chi connectivity index (χ1n) is 7.00. The molecule has 4 heteroatoms. The predicted molar refractivity (Wildman–Crippen MR) is 87.7 cm³/mol. The van der Waals surface area contributed by atoms with Gasteiger partial charge >= 0.3 is 0 Å². The molecular formula is C17H20N2OS. The number of likely N-dealkylation sites (N-methyl/N-ethyl adjacent to an activating group) is 1. The summed E-state index contributed by atoms with van der Waals surface area (Å²) >= 11 is 1.75. The summed E-state index contributed by atoms with van der Waals surface area (Å²) in [5, 5.41) is 21.1. The third-order valence-corrected chi connectivity index (χ3v) is 4.63. The standard InChI is InChI=1S/C17H20N2OS/c1-12(9-15-5-4-8-21-15)19(3)17-10-14(11-18)6-7-16(17)13(2)20/h4-8,10,12-13,20H,9H2,1-3H3/t12?,13-/m0/s1. The molecular weight excluding hydrogens is 280 g/mol. The molecule has 2 rings (SSSR count). The fourth-order valence-electron chi connectivity index (χ4n) is 2.37. The zero-order valence-electron chi connectivity index (χ0n) is 12.6. The van der Waals surface area contributed by atoms with Crippen molar-refractivity contribution in [3.8, 4) is 6.07 Å². The molecule has 0 fully saturated rings. The van der Waals surface area contributed by atoms with Crippen molar-refractivity contribution in [1.82, 2.24) is 0 Å². The molecule has 0 bridgehead atoms. The van der Waals surface area contributed by atoms with Gasteiger partial charge in [0.05, 0.1) is 17.7 Å². The molecule has 0 aliphatic heterocycles. The Bertz CT molecular complexity index is 629. The number of aliphatic hydroxyl groups is 1.